The number of carbonyl (C=O) groups is 1. The van der Waals surface area contributed by atoms with E-state index in [9.17, 15) is 4.79 Å². The summed E-state index contributed by atoms with van der Waals surface area (Å²) in [5.74, 6) is 0.0106. The Bertz CT molecular complexity index is 385. The van der Waals surface area contributed by atoms with E-state index in [1.54, 1.807) is 0 Å². The van der Waals surface area contributed by atoms with Gasteiger partial charge in [0.15, 0.2) is 0 Å². The van der Waals surface area contributed by atoms with Crippen LogP contribution in [-0.2, 0) is 0 Å². The average Bonchev–Trinajstić information content (AvgIpc) is 2.32. The molecule has 0 aromatic heterocycles. The lowest BCUT2D eigenvalue weighted by Crippen LogP contribution is -2.32. The zero-order chi connectivity index (χ0) is 12.7. The molecule has 0 saturated carbocycles. The highest BCUT2D eigenvalue weighted by molar-refractivity contribution is 14.1. The van der Waals surface area contributed by atoms with Gasteiger partial charge in [0.05, 0.1) is 5.56 Å². The summed E-state index contributed by atoms with van der Waals surface area (Å²) in [6, 6.07) is 5.91. The van der Waals surface area contributed by atoms with E-state index >= 15 is 0 Å². The van der Waals surface area contributed by atoms with Gasteiger partial charge in [-0.2, -0.15) is 0 Å². The number of carbonyl (C=O) groups excluding carboxylic acids is 1. The van der Waals surface area contributed by atoms with Crippen molar-refractivity contribution in [2.75, 3.05) is 19.6 Å². The summed E-state index contributed by atoms with van der Waals surface area (Å²) in [7, 11) is 0. The molecule has 0 atom stereocenters. The van der Waals surface area contributed by atoms with E-state index in [0.29, 0.717) is 6.54 Å². The van der Waals surface area contributed by atoms with Crippen LogP contribution in [0.4, 0.5) is 0 Å². The van der Waals surface area contributed by atoms with Crippen LogP contribution >= 0.6 is 35.0 Å². The third-order valence-corrected chi connectivity index (χ3v) is 3.32. The topological polar surface area (TPSA) is 41.1 Å². The first-order chi connectivity index (χ1) is 8.15. The van der Waals surface area contributed by atoms with Crippen LogP contribution in [0, 0.1) is 10.5 Å². The van der Waals surface area contributed by atoms with Gasteiger partial charge in [0.1, 0.15) is 0 Å². The number of hydrogen-bond acceptors (Lipinski definition) is 2. The maximum atomic E-state index is 11.9. The maximum Gasteiger partial charge on any atom is 0.252 e. The predicted octanol–water partition coefficient (Wildman–Crippen LogP) is 2.75. The van der Waals surface area contributed by atoms with E-state index in [0.717, 1.165) is 34.2 Å². The van der Waals surface area contributed by atoms with E-state index in [4.69, 9.17) is 0 Å². The standard InChI is InChI=1S/C13H19IN2O.ClH/c1-3-6-15-7-8-16-13(17)11-9-10(2)4-5-12(11)14;/h4-5,9,15H,3,6-8H2,1-2H3,(H,16,17);1H. The molecule has 0 aliphatic carbocycles. The predicted molar refractivity (Wildman–Crippen MR) is 86.6 cm³/mol. The first-order valence-corrected chi connectivity index (χ1v) is 6.98. The van der Waals surface area contributed by atoms with Crippen LogP contribution in [0.2, 0.25) is 0 Å². The van der Waals surface area contributed by atoms with Crippen molar-refractivity contribution in [3.8, 4) is 0 Å². The molecule has 1 rings (SSSR count). The monoisotopic (exact) mass is 382 g/mol. The minimum absolute atomic E-state index is 0. The summed E-state index contributed by atoms with van der Waals surface area (Å²) in [5.41, 5.74) is 1.88. The van der Waals surface area contributed by atoms with Crippen molar-refractivity contribution < 1.29 is 4.79 Å². The van der Waals surface area contributed by atoms with Crippen LogP contribution in [0.25, 0.3) is 0 Å². The second-order valence-corrected chi connectivity index (χ2v) is 5.15. The van der Waals surface area contributed by atoms with E-state index in [1.807, 2.05) is 25.1 Å². The second kappa shape index (κ2) is 9.58. The highest BCUT2D eigenvalue weighted by Gasteiger charge is 2.08. The van der Waals surface area contributed by atoms with Crippen molar-refractivity contribution in [3.05, 3.63) is 32.9 Å². The number of rotatable bonds is 6. The van der Waals surface area contributed by atoms with Gasteiger partial charge >= 0.3 is 0 Å². The van der Waals surface area contributed by atoms with Gasteiger partial charge in [0.25, 0.3) is 5.91 Å². The van der Waals surface area contributed by atoms with E-state index in [2.05, 4.69) is 40.1 Å². The highest BCUT2D eigenvalue weighted by atomic mass is 127. The van der Waals surface area contributed by atoms with E-state index in [1.165, 1.54) is 0 Å². The Balaban J connectivity index is 0.00000289. The van der Waals surface area contributed by atoms with Gasteiger partial charge in [-0.15, -0.1) is 12.4 Å². The summed E-state index contributed by atoms with van der Waals surface area (Å²) in [5, 5.41) is 6.17. The lowest BCUT2D eigenvalue weighted by atomic mass is 10.1. The molecule has 0 aliphatic rings. The zero-order valence-corrected chi connectivity index (χ0v) is 13.7. The fraction of sp³-hybridized carbons (Fsp3) is 0.462. The van der Waals surface area contributed by atoms with Crippen LogP contribution < -0.4 is 10.6 Å². The zero-order valence-electron chi connectivity index (χ0n) is 10.8. The van der Waals surface area contributed by atoms with Crippen molar-refractivity contribution in [3.63, 3.8) is 0 Å². The molecule has 1 aromatic rings. The van der Waals surface area contributed by atoms with Gasteiger partial charge in [0, 0.05) is 16.7 Å². The van der Waals surface area contributed by atoms with Gasteiger partial charge in [0.2, 0.25) is 0 Å². The van der Waals surface area contributed by atoms with Crippen molar-refractivity contribution >= 4 is 40.9 Å². The molecule has 0 spiro atoms. The fourth-order valence-corrected chi connectivity index (χ4v) is 2.05. The van der Waals surface area contributed by atoms with Crippen LogP contribution in [0.5, 0.6) is 0 Å². The Morgan fingerprint density at radius 2 is 2.00 bits per heavy atom. The highest BCUT2D eigenvalue weighted by Crippen LogP contribution is 2.13. The number of nitrogens with one attached hydrogen (secondary N) is 2. The molecule has 102 valence electrons. The molecule has 0 aliphatic heterocycles. The molecule has 0 radical (unpaired) electrons. The number of hydrogen-bond donors (Lipinski definition) is 2. The van der Waals surface area contributed by atoms with Crippen molar-refractivity contribution in [2.45, 2.75) is 20.3 Å². The van der Waals surface area contributed by atoms with Crippen molar-refractivity contribution in [1.82, 2.24) is 10.6 Å². The Morgan fingerprint density at radius 1 is 1.28 bits per heavy atom. The molecule has 1 aromatic carbocycles. The minimum Gasteiger partial charge on any atom is -0.351 e. The molecule has 0 fully saturated rings. The third kappa shape index (κ3) is 6.02. The number of benzene rings is 1. The van der Waals surface area contributed by atoms with Crippen LogP contribution in [0.3, 0.4) is 0 Å². The molecule has 1 amide bonds. The Kier molecular flexibility index (Phi) is 9.40. The van der Waals surface area contributed by atoms with Gasteiger partial charge in [-0.1, -0.05) is 18.6 Å². The number of halogens is 2. The lowest BCUT2D eigenvalue weighted by Gasteiger charge is -2.08. The summed E-state index contributed by atoms with van der Waals surface area (Å²) in [6.45, 7) is 6.61. The molecular weight excluding hydrogens is 363 g/mol. The molecule has 5 heteroatoms. The molecule has 2 N–H and O–H groups in total. The Labute approximate surface area is 129 Å². The molecular formula is C13H20ClIN2O. The van der Waals surface area contributed by atoms with Gasteiger partial charge in [-0.05, 0) is 54.6 Å². The molecule has 18 heavy (non-hydrogen) atoms. The van der Waals surface area contributed by atoms with Crippen molar-refractivity contribution in [1.29, 1.82) is 0 Å². The SMILES string of the molecule is CCCNCCNC(=O)c1cc(C)ccc1I.Cl. The molecule has 0 unspecified atom stereocenters. The summed E-state index contributed by atoms with van der Waals surface area (Å²) in [4.78, 5) is 11.9. The summed E-state index contributed by atoms with van der Waals surface area (Å²) < 4.78 is 0.993. The lowest BCUT2D eigenvalue weighted by molar-refractivity contribution is 0.0953. The van der Waals surface area contributed by atoms with Crippen LogP contribution in [0.15, 0.2) is 18.2 Å². The quantitative estimate of drug-likeness (QED) is 0.587. The normalized spacial score (nSPS) is 9.72. The summed E-state index contributed by atoms with van der Waals surface area (Å²) >= 11 is 2.19. The van der Waals surface area contributed by atoms with Crippen molar-refractivity contribution in [2.24, 2.45) is 0 Å². The average molecular weight is 383 g/mol. The van der Waals surface area contributed by atoms with Crippen LogP contribution in [-0.4, -0.2) is 25.5 Å². The molecule has 0 heterocycles. The maximum absolute atomic E-state index is 11.9. The molecule has 3 nitrogen and oxygen atoms in total. The number of amides is 1. The minimum atomic E-state index is 0. The van der Waals surface area contributed by atoms with E-state index < -0.39 is 0 Å². The third-order valence-electron chi connectivity index (χ3n) is 2.38. The summed E-state index contributed by atoms with van der Waals surface area (Å²) in [6.07, 6.45) is 1.11. The van der Waals surface area contributed by atoms with E-state index in [-0.39, 0.29) is 18.3 Å². The van der Waals surface area contributed by atoms with Gasteiger partial charge in [-0.25, -0.2) is 0 Å². The van der Waals surface area contributed by atoms with Crippen LogP contribution in [0.1, 0.15) is 29.3 Å². The van der Waals surface area contributed by atoms with Gasteiger partial charge < -0.3 is 10.6 Å². The second-order valence-electron chi connectivity index (χ2n) is 3.99. The number of aryl methyl sites for hydroxylation is 1. The largest absolute Gasteiger partial charge is 0.351 e. The first kappa shape index (κ1) is 17.7. The molecule has 0 bridgehead atoms. The van der Waals surface area contributed by atoms with Gasteiger partial charge in [-0.3, -0.25) is 4.79 Å². The fourth-order valence-electron chi connectivity index (χ4n) is 1.47. The Morgan fingerprint density at radius 3 is 2.67 bits per heavy atom. The molecule has 0 saturated heterocycles. The smallest absolute Gasteiger partial charge is 0.252 e. The first-order valence-electron chi connectivity index (χ1n) is 5.90. The Hall–Kier alpha value is -0.330.